The van der Waals surface area contributed by atoms with Crippen molar-refractivity contribution >= 4 is 11.6 Å². The van der Waals surface area contributed by atoms with Crippen molar-refractivity contribution in [3.05, 3.63) is 36.7 Å². The predicted molar refractivity (Wildman–Crippen MR) is 86.4 cm³/mol. The molecule has 0 atom stereocenters. The molecule has 0 aliphatic carbocycles. The van der Waals surface area contributed by atoms with Gasteiger partial charge in [-0.2, -0.15) is 0 Å². The van der Waals surface area contributed by atoms with Crippen LogP contribution < -0.4 is 10.6 Å². The lowest BCUT2D eigenvalue weighted by Crippen LogP contribution is -2.47. The molecule has 0 spiro atoms. The van der Waals surface area contributed by atoms with Crippen molar-refractivity contribution in [1.29, 1.82) is 0 Å². The number of carbonyl (C=O) groups excluding carboxylic acids is 1. The van der Waals surface area contributed by atoms with E-state index in [0.29, 0.717) is 6.61 Å². The summed E-state index contributed by atoms with van der Waals surface area (Å²) < 4.78 is 6.98. The highest BCUT2D eigenvalue weighted by molar-refractivity contribution is 5.95. The van der Waals surface area contributed by atoms with Crippen LogP contribution in [-0.2, 0) is 9.53 Å². The Morgan fingerprint density at radius 3 is 2.70 bits per heavy atom. The smallest absolute Gasteiger partial charge is 0.233 e. The van der Waals surface area contributed by atoms with E-state index in [0.717, 1.165) is 37.3 Å². The molecule has 1 aliphatic heterocycles. The third-order valence-electron chi connectivity index (χ3n) is 4.28. The van der Waals surface area contributed by atoms with Crippen LogP contribution in [0.2, 0.25) is 0 Å². The number of rotatable bonds is 5. The number of methoxy groups -OCH3 is 1. The molecule has 1 aliphatic rings. The van der Waals surface area contributed by atoms with Gasteiger partial charge in [0.25, 0.3) is 0 Å². The van der Waals surface area contributed by atoms with Gasteiger partial charge < -0.3 is 15.4 Å². The number of anilines is 1. The third-order valence-corrected chi connectivity index (χ3v) is 4.28. The number of piperidine rings is 1. The number of aromatic nitrogens is 3. The van der Waals surface area contributed by atoms with Crippen LogP contribution in [0.4, 0.5) is 5.69 Å². The molecule has 7 nitrogen and oxygen atoms in total. The highest BCUT2D eigenvalue weighted by Crippen LogP contribution is 2.31. The zero-order valence-corrected chi connectivity index (χ0v) is 13.2. The fourth-order valence-electron chi connectivity index (χ4n) is 2.93. The lowest BCUT2D eigenvalue weighted by molar-refractivity contribution is -0.130. The number of nitrogens with one attached hydrogen (secondary N) is 2. The molecule has 2 aromatic rings. The second kappa shape index (κ2) is 6.89. The first-order valence-corrected chi connectivity index (χ1v) is 7.71. The van der Waals surface area contributed by atoms with Gasteiger partial charge in [0.1, 0.15) is 0 Å². The minimum absolute atomic E-state index is 0.0226. The Labute approximate surface area is 135 Å². The van der Waals surface area contributed by atoms with Gasteiger partial charge in [-0.25, -0.2) is 4.68 Å². The molecule has 0 radical (unpaired) electrons. The van der Waals surface area contributed by atoms with Crippen LogP contribution in [0.15, 0.2) is 36.7 Å². The van der Waals surface area contributed by atoms with Crippen molar-refractivity contribution in [2.45, 2.75) is 12.8 Å². The molecule has 1 aromatic heterocycles. The monoisotopic (exact) mass is 315 g/mol. The van der Waals surface area contributed by atoms with E-state index in [-0.39, 0.29) is 5.91 Å². The molecular weight excluding hydrogens is 294 g/mol. The van der Waals surface area contributed by atoms with E-state index >= 15 is 0 Å². The molecule has 122 valence electrons. The maximum Gasteiger partial charge on any atom is 0.233 e. The maximum atomic E-state index is 12.7. The average molecular weight is 315 g/mol. The van der Waals surface area contributed by atoms with Crippen molar-refractivity contribution in [2.24, 2.45) is 5.41 Å². The van der Waals surface area contributed by atoms with Crippen molar-refractivity contribution < 1.29 is 9.53 Å². The zero-order valence-electron chi connectivity index (χ0n) is 13.2. The summed E-state index contributed by atoms with van der Waals surface area (Å²) >= 11 is 0. The number of nitrogens with zero attached hydrogens (tertiary/aromatic N) is 3. The average Bonchev–Trinajstić information content (AvgIpc) is 3.11. The van der Waals surface area contributed by atoms with E-state index in [1.54, 1.807) is 24.2 Å². The molecule has 0 bridgehead atoms. The number of hydrogen-bond donors (Lipinski definition) is 2. The number of ether oxygens (including phenoxy) is 1. The summed E-state index contributed by atoms with van der Waals surface area (Å²) in [7, 11) is 1.64. The van der Waals surface area contributed by atoms with Crippen molar-refractivity contribution in [1.82, 2.24) is 20.3 Å². The summed E-state index contributed by atoms with van der Waals surface area (Å²) in [6.45, 7) is 2.11. The van der Waals surface area contributed by atoms with Crippen LogP contribution in [0.1, 0.15) is 12.8 Å². The molecule has 0 saturated carbocycles. The quantitative estimate of drug-likeness (QED) is 0.867. The van der Waals surface area contributed by atoms with Crippen molar-refractivity contribution in [3.63, 3.8) is 0 Å². The number of benzene rings is 1. The fraction of sp³-hybridized carbons (Fsp3) is 0.438. The molecule has 1 amide bonds. The topological polar surface area (TPSA) is 81.1 Å². The maximum absolute atomic E-state index is 12.7. The highest BCUT2D eigenvalue weighted by atomic mass is 16.5. The van der Waals surface area contributed by atoms with E-state index in [9.17, 15) is 4.79 Å². The van der Waals surface area contributed by atoms with E-state index in [4.69, 9.17) is 4.74 Å². The first kappa shape index (κ1) is 15.6. The van der Waals surface area contributed by atoms with Gasteiger partial charge in [0.2, 0.25) is 5.91 Å². The molecule has 2 N–H and O–H groups in total. The fourth-order valence-corrected chi connectivity index (χ4v) is 2.93. The molecule has 1 aromatic carbocycles. The van der Waals surface area contributed by atoms with Gasteiger partial charge in [-0.1, -0.05) is 5.21 Å². The van der Waals surface area contributed by atoms with Crippen LogP contribution in [-0.4, -0.2) is 47.7 Å². The van der Waals surface area contributed by atoms with Gasteiger partial charge in [-0.05, 0) is 50.2 Å². The Morgan fingerprint density at radius 1 is 1.35 bits per heavy atom. The summed E-state index contributed by atoms with van der Waals surface area (Å²) in [6.07, 6.45) is 4.96. The number of hydrogen-bond acceptors (Lipinski definition) is 5. The van der Waals surface area contributed by atoms with E-state index in [1.807, 2.05) is 24.3 Å². The van der Waals surface area contributed by atoms with Crippen molar-refractivity contribution in [2.75, 3.05) is 32.1 Å². The van der Waals surface area contributed by atoms with E-state index < -0.39 is 5.41 Å². The molecule has 23 heavy (non-hydrogen) atoms. The van der Waals surface area contributed by atoms with Gasteiger partial charge in [-0.3, -0.25) is 4.79 Å². The molecule has 3 rings (SSSR count). The Hall–Kier alpha value is -2.25. The lowest BCUT2D eigenvalue weighted by atomic mass is 9.78. The Morgan fingerprint density at radius 2 is 2.09 bits per heavy atom. The van der Waals surface area contributed by atoms with E-state index in [2.05, 4.69) is 20.9 Å². The molecule has 0 unspecified atom stereocenters. The van der Waals surface area contributed by atoms with Crippen LogP contribution in [0.3, 0.4) is 0 Å². The normalized spacial score (nSPS) is 16.9. The predicted octanol–water partition coefficient (Wildman–Crippen LogP) is 1.22. The summed E-state index contributed by atoms with van der Waals surface area (Å²) in [5, 5.41) is 14.0. The lowest BCUT2D eigenvalue weighted by Gasteiger charge is -2.35. The Kier molecular flexibility index (Phi) is 4.68. The van der Waals surface area contributed by atoms with Gasteiger partial charge in [-0.15, -0.1) is 5.10 Å². The molecule has 2 heterocycles. The number of carbonyl (C=O) groups is 1. The van der Waals surface area contributed by atoms with Crippen LogP contribution >= 0.6 is 0 Å². The van der Waals surface area contributed by atoms with Crippen molar-refractivity contribution in [3.8, 4) is 5.69 Å². The summed E-state index contributed by atoms with van der Waals surface area (Å²) in [5.74, 6) is 0.0226. The standard InChI is InChI=1S/C16H21N5O2/c1-23-12-16(6-8-17-9-7-16)15(22)19-13-2-4-14(5-3-13)21-11-10-18-20-21/h2-5,10-11,17H,6-9,12H2,1H3,(H,19,22). The largest absolute Gasteiger partial charge is 0.384 e. The molecule has 1 fully saturated rings. The van der Waals surface area contributed by atoms with Gasteiger partial charge in [0.05, 0.1) is 30.1 Å². The van der Waals surface area contributed by atoms with Gasteiger partial charge in [0, 0.05) is 12.8 Å². The van der Waals surface area contributed by atoms with Crippen LogP contribution in [0, 0.1) is 5.41 Å². The molecule has 7 heteroatoms. The van der Waals surface area contributed by atoms with E-state index in [1.165, 1.54) is 0 Å². The third kappa shape index (κ3) is 3.40. The second-order valence-electron chi connectivity index (χ2n) is 5.81. The zero-order chi connectivity index (χ0) is 16.1. The molecular formula is C16H21N5O2. The summed E-state index contributed by atoms with van der Waals surface area (Å²) in [5.41, 5.74) is 1.21. The first-order valence-electron chi connectivity index (χ1n) is 7.71. The molecule has 1 saturated heterocycles. The Bertz CT molecular complexity index is 627. The number of amides is 1. The second-order valence-corrected chi connectivity index (χ2v) is 5.81. The minimum Gasteiger partial charge on any atom is -0.384 e. The summed E-state index contributed by atoms with van der Waals surface area (Å²) in [6, 6.07) is 7.54. The van der Waals surface area contributed by atoms with Gasteiger partial charge >= 0.3 is 0 Å². The van der Waals surface area contributed by atoms with Crippen LogP contribution in [0.5, 0.6) is 0 Å². The minimum atomic E-state index is -0.454. The summed E-state index contributed by atoms with van der Waals surface area (Å²) in [4.78, 5) is 12.7. The van der Waals surface area contributed by atoms with Crippen LogP contribution in [0.25, 0.3) is 5.69 Å². The Balaban J connectivity index is 1.71. The van der Waals surface area contributed by atoms with Gasteiger partial charge in [0.15, 0.2) is 0 Å². The SMILES string of the molecule is COCC1(C(=O)Nc2ccc(-n3ccnn3)cc2)CCNCC1. The highest BCUT2D eigenvalue weighted by Gasteiger charge is 2.39. The first-order chi connectivity index (χ1) is 11.2.